The highest BCUT2D eigenvalue weighted by atomic mass is 16.5. The Kier molecular flexibility index (Phi) is 9.02. The van der Waals surface area contributed by atoms with Crippen LogP contribution in [0.5, 0.6) is 0 Å². The summed E-state index contributed by atoms with van der Waals surface area (Å²) in [6.45, 7) is 4.96. The number of aliphatic hydroxyl groups is 1. The van der Waals surface area contributed by atoms with Crippen molar-refractivity contribution in [3.05, 3.63) is 0 Å². The van der Waals surface area contributed by atoms with Crippen molar-refractivity contribution in [3.8, 4) is 0 Å². The van der Waals surface area contributed by atoms with E-state index in [9.17, 15) is 9.90 Å². The molecule has 2 N–H and O–H groups in total. The van der Waals surface area contributed by atoms with Crippen LogP contribution in [0.1, 0.15) is 64.2 Å². The van der Waals surface area contributed by atoms with Crippen molar-refractivity contribution in [1.82, 2.24) is 10.2 Å². The molecule has 0 bridgehead atoms. The number of ether oxygens (including phenoxy) is 3. The Morgan fingerprint density at radius 3 is 2.55 bits per heavy atom. The van der Waals surface area contributed by atoms with E-state index >= 15 is 0 Å². The van der Waals surface area contributed by atoms with Crippen LogP contribution >= 0.6 is 0 Å². The molecule has 4 aliphatic rings. The summed E-state index contributed by atoms with van der Waals surface area (Å²) in [6, 6.07) is 0.249. The summed E-state index contributed by atoms with van der Waals surface area (Å²) >= 11 is 0. The van der Waals surface area contributed by atoms with Gasteiger partial charge in [-0.25, -0.2) is 0 Å². The normalized spacial score (nSPS) is 34.5. The first-order valence-electron chi connectivity index (χ1n) is 12.7. The third-order valence-corrected chi connectivity index (χ3v) is 7.65. The zero-order chi connectivity index (χ0) is 21.5. The molecule has 1 aliphatic carbocycles. The number of carbonyl (C=O) groups is 1. The van der Waals surface area contributed by atoms with Crippen molar-refractivity contribution < 1.29 is 24.1 Å². The number of carbonyl (C=O) groups excluding carboxylic acids is 1. The summed E-state index contributed by atoms with van der Waals surface area (Å²) in [6.07, 6.45) is 10.4. The molecule has 7 heteroatoms. The molecule has 4 fully saturated rings. The van der Waals surface area contributed by atoms with Gasteiger partial charge >= 0.3 is 0 Å². The fraction of sp³-hybridized carbons (Fsp3) is 0.958. The lowest BCUT2D eigenvalue weighted by Crippen LogP contribution is -2.57. The molecule has 3 saturated heterocycles. The molecule has 7 nitrogen and oxygen atoms in total. The maximum Gasteiger partial charge on any atom is 0.222 e. The zero-order valence-corrected chi connectivity index (χ0v) is 19.0. The molecular formula is C24H42N2O5. The second kappa shape index (κ2) is 11.9. The van der Waals surface area contributed by atoms with Gasteiger partial charge in [0.05, 0.1) is 37.9 Å². The van der Waals surface area contributed by atoms with Gasteiger partial charge in [0.25, 0.3) is 0 Å². The average molecular weight is 439 g/mol. The fourth-order valence-electron chi connectivity index (χ4n) is 5.84. The highest BCUT2D eigenvalue weighted by molar-refractivity contribution is 5.76. The summed E-state index contributed by atoms with van der Waals surface area (Å²) in [5, 5.41) is 13.5. The second-order valence-electron chi connectivity index (χ2n) is 10.2. The molecule has 3 heterocycles. The van der Waals surface area contributed by atoms with Crippen molar-refractivity contribution >= 4 is 5.91 Å². The first-order valence-corrected chi connectivity index (χ1v) is 12.7. The number of hydrogen-bond acceptors (Lipinski definition) is 6. The van der Waals surface area contributed by atoms with Crippen LogP contribution in [0.4, 0.5) is 0 Å². The quantitative estimate of drug-likeness (QED) is 0.661. The summed E-state index contributed by atoms with van der Waals surface area (Å²) in [5.74, 6) is 1.39. The van der Waals surface area contributed by atoms with Crippen LogP contribution in [0.3, 0.4) is 0 Å². The number of hydrogen-bond donors (Lipinski definition) is 2. The molecule has 0 aromatic carbocycles. The largest absolute Gasteiger partial charge is 0.389 e. The molecule has 1 saturated carbocycles. The number of rotatable bonds is 6. The third kappa shape index (κ3) is 7.13. The van der Waals surface area contributed by atoms with E-state index in [0.29, 0.717) is 38.0 Å². The van der Waals surface area contributed by atoms with Crippen LogP contribution in [0.15, 0.2) is 0 Å². The van der Waals surface area contributed by atoms with Crippen LogP contribution in [0, 0.1) is 11.8 Å². The van der Waals surface area contributed by atoms with Crippen molar-refractivity contribution in [1.29, 1.82) is 0 Å². The number of amides is 1. The van der Waals surface area contributed by atoms with E-state index in [1.54, 1.807) is 0 Å². The molecule has 0 spiro atoms. The fourth-order valence-corrected chi connectivity index (χ4v) is 5.84. The molecular weight excluding hydrogens is 396 g/mol. The Hall–Kier alpha value is -0.730. The first-order chi connectivity index (χ1) is 15.2. The number of aliphatic hydroxyl groups excluding tert-OH is 1. The maximum absolute atomic E-state index is 12.5. The molecule has 31 heavy (non-hydrogen) atoms. The predicted octanol–water partition coefficient (Wildman–Crippen LogP) is 2.11. The smallest absolute Gasteiger partial charge is 0.222 e. The topological polar surface area (TPSA) is 80.3 Å². The van der Waals surface area contributed by atoms with E-state index < -0.39 is 6.10 Å². The van der Waals surface area contributed by atoms with E-state index in [4.69, 9.17) is 14.2 Å². The molecule has 4 atom stereocenters. The van der Waals surface area contributed by atoms with Gasteiger partial charge in [-0.15, -0.1) is 0 Å². The Bertz CT molecular complexity index is 550. The van der Waals surface area contributed by atoms with Gasteiger partial charge in [-0.1, -0.05) is 19.3 Å². The van der Waals surface area contributed by atoms with Crippen LogP contribution < -0.4 is 5.32 Å². The van der Waals surface area contributed by atoms with Gasteiger partial charge in [0, 0.05) is 38.9 Å². The summed E-state index contributed by atoms with van der Waals surface area (Å²) in [4.78, 5) is 15.0. The molecule has 0 unspecified atom stereocenters. The predicted molar refractivity (Wildman–Crippen MR) is 118 cm³/mol. The lowest BCUT2D eigenvalue weighted by Gasteiger charge is -2.45. The standard InChI is InChI=1S/C24H42N2O5/c27-20-15-26(14-19-8-10-29-11-9-19)22-7-6-21(31-23(22)17-30-16-20)12-24(28)25-13-18-4-2-1-3-5-18/h18-23,27H,1-17H2,(H,25,28)/t20-,21-,22-,23+/m0/s1. The number of fused-ring (bicyclic) bond motifs is 1. The second-order valence-corrected chi connectivity index (χ2v) is 10.2. The summed E-state index contributed by atoms with van der Waals surface area (Å²) in [5.41, 5.74) is 0. The van der Waals surface area contributed by atoms with Crippen LogP contribution in [0.25, 0.3) is 0 Å². The lowest BCUT2D eigenvalue weighted by molar-refractivity contribution is -0.159. The number of nitrogens with one attached hydrogen (secondary N) is 1. The number of β-amino-alcohol motifs (C(OH)–C–C–N with tert-alkyl or cyclic N) is 1. The van der Waals surface area contributed by atoms with Crippen molar-refractivity contribution in [2.24, 2.45) is 11.8 Å². The van der Waals surface area contributed by atoms with Crippen LogP contribution in [-0.2, 0) is 19.0 Å². The van der Waals surface area contributed by atoms with Crippen molar-refractivity contribution in [2.45, 2.75) is 88.6 Å². The Labute approximate surface area is 187 Å². The summed E-state index contributed by atoms with van der Waals surface area (Å²) < 4.78 is 17.7. The molecule has 1 amide bonds. The van der Waals surface area contributed by atoms with Crippen molar-refractivity contribution in [2.75, 3.05) is 46.1 Å². The van der Waals surface area contributed by atoms with E-state index in [1.807, 2.05) is 0 Å². The number of nitrogens with zero attached hydrogens (tertiary/aromatic N) is 1. The molecule has 4 rings (SSSR count). The lowest BCUT2D eigenvalue weighted by atomic mass is 9.89. The Balaban J connectivity index is 1.27. The molecule has 178 valence electrons. The summed E-state index contributed by atoms with van der Waals surface area (Å²) in [7, 11) is 0. The zero-order valence-electron chi connectivity index (χ0n) is 19.0. The van der Waals surface area contributed by atoms with Gasteiger partial charge in [-0.2, -0.15) is 0 Å². The van der Waals surface area contributed by atoms with Crippen LogP contribution in [-0.4, -0.2) is 86.3 Å². The van der Waals surface area contributed by atoms with Gasteiger partial charge < -0.3 is 24.6 Å². The van der Waals surface area contributed by atoms with Gasteiger partial charge in [-0.3, -0.25) is 9.69 Å². The molecule has 0 aromatic rings. The molecule has 0 aromatic heterocycles. The van der Waals surface area contributed by atoms with Gasteiger partial charge in [0.2, 0.25) is 5.91 Å². The van der Waals surface area contributed by atoms with Crippen molar-refractivity contribution in [3.63, 3.8) is 0 Å². The minimum atomic E-state index is -0.455. The van der Waals surface area contributed by atoms with Gasteiger partial charge in [0.15, 0.2) is 0 Å². The van der Waals surface area contributed by atoms with Gasteiger partial charge in [-0.05, 0) is 50.4 Å². The highest BCUT2D eigenvalue weighted by Gasteiger charge is 2.38. The first kappa shape index (κ1) is 23.4. The Morgan fingerprint density at radius 1 is 0.935 bits per heavy atom. The van der Waals surface area contributed by atoms with E-state index in [0.717, 1.165) is 52.0 Å². The third-order valence-electron chi connectivity index (χ3n) is 7.65. The average Bonchev–Trinajstić information content (AvgIpc) is 2.78. The van der Waals surface area contributed by atoms with E-state index in [2.05, 4.69) is 10.2 Å². The Morgan fingerprint density at radius 2 is 1.74 bits per heavy atom. The SMILES string of the molecule is O=C(C[C@@H]1CC[C@H]2[C@@H](COC[C@@H](O)CN2CC2CCOCC2)O1)NCC1CCCCC1. The van der Waals surface area contributed by atoms with Gasteiger partial charge in [0.1, 0.15) is 0 Å². The highest BCUT2D eigenvalue weighted by Crippen LogP contribution is 2.29. The minimum absolute atomic E-state index is 0.0303. The van der Waals surface area contributed by atoms with E-state index in [-0.39, 0.29) is 24.2 Å². The molecule has 0 radical (unpaired) electrons. The van der Waals surface area contributed by atoms with Crippen LogP contribution in [0.2, 0.25) is 0 Å². The minimum Gasteiger partial charge on any atom is -0.389 e. The molecule has 3 aliphatic heterocycles. The van der Waals surface area contributed by atoms with E-state index in [1.165, 1.54) is 32.1 Å². The maximum atomic E-state index is 12.5. The monoisotopic (exact) mass is 438 g/mol.